The lowest BCUT2D eigenvalue weighted by Gasteiger charge is -2.42. The van der Waals surface area contributed by atoms with E-state index in [4.69, 9.17) is 0 Å². The molecule has 2 saturated heterocycles. The van der Waals surface area contributed by atoms with Gasteiger partial charge in [-0.25, -0.2) is 0 Å². The quantitative estimate of drug-likeness (QED) is 0.844. The first-order valence-electron chi connectivity index (χ1n) is 7.92. The fourth-order valence-corrected chi connectivity index (χ4v) is 3.90. The van der Waals surface area contributed by atoms with Gasteiger partial charge >= 0.3 is 6.18 Å². The minimum absolute atomic E-state index is 0.0122. The molecule has 3 nitrogen and oxygen atoms in total. The molecule has 122 valence electrons. The van der Waals surface area contributed by atoms with Gasteiger partial charge in [0.25, 0.3) is 0 Å². The SMILES string of the molecule is FC(F)(F)CN1C2CCC1CN(c1cnc3ccccc3c1)C2. The summed E-state index contributed by atoms with van der Waals surface area (Å²) in [5.74, 6) is 0. The van der Waals surface area contributed by atoms with Crippen molar-refractivity contribution in [3.8, 4) is 0 Å². The summed E-state index contributed by atoms with van der Waals surface area (Å²) in [5.41, 5.74) is 1.95. The maximum Gasteiger partial charge on any atom is 0.401 e. The fourth-order valence-electron chi connectivity index (χ4n) is 3.90. The van der Waals surface area contributed by atoms with E-state index in [0.717, 1.165) is 29.4 Å². The second-order valence-electron chi connectivity index (χ2n) is 6.46. The molecule has 1 aromatic carbocycles. The molecule has 0 N–H and O–H groups in total. The number of hydrogen-bond acceptors (Lipinski definition) is 3. The van der Waals surface area contributed by atoms with Crippen molar-refractivity contribution in [2.24, 2.45) is 0 Å². The number of fused-ring (bicyclic) bond motifs is 3. The monoisotopic (exact) mass is 321 g/mol. The Bertz CT molecular complexity index is 702. The molecule has 2 unspecified atom stereocenters. The molecule has 1 aromatic heterocycles. The van der Waals surface area contributed by atoms with E-state index in [1.807, 2.05) is 30.5 Å². The maximum absolute atomic E-state index is 12.7. The molecule has 2 atom stereocenters. The Labute approximate surface area is 132 Å². The van der Waals surface area contributed by atoms with Crippen LogP contribution < -0.4 is 4.90 Å². The lowest BCUT2D eigenvalue weighted by molar-refractivity contribution is -0.153. The van der Waals surface area contributed by atoms with E-state index in [9.17, 15) is 13.2 Å². The van der Waals surface area contributed by atoms with Crippen molar-refractivity contribution in [1.82, 2.24) is 9.88 Å². The molecule has 2 fully saturated rings. The first kappa shape index (κ1) is 14.8. The van der Waals surface area contributed by atoms with Crippen LogP contribution in [0.2, 0.25) is 0 Å². The molecule has 23 heavy (non-hydrogen) atoms. The van der Waals surface area contributed by atoms with Gasteiger partial charge in [0.05, 0.1) is 23.9 Å². The number of pyridine rings is 1. The minimum Gasteiger partial charge on any atom is -0.367 e. The van der Waals surface area contributed by atoms with Gasteiger partial charge in [-0.15, -0.1) is 0 Å². The number of halogens is 3. The van der Waals surface area contributed by atoms with Crippen molar-refractivity contribution in [2.75, 3.05) is 24.5 Å². The molecule has 2 bridgehead atoms. The molecule has 4 rings (SSSR count). The number of hydrogen-bond donors (Lipinski definition) is 0. The van der Waals surface area contributed by atoms with Gasteiger partial charge < -0.3 is 4.90 Å². The average molecular weight is 321 g/mol. The highest BCUT2D eigenvalue weighted by Gasteiger charge is 2.44. The van der Waals surface area contributed by atoms with E-state index in [1.165, 1.54) is 0 Å². The highest BCUT2D eigenvalue weighted by atomic mass is 19.4. The van der Waals surface area contributed by atoms with Crippen LogP contribution in [0.4, 0.5) is 18.9 Å². The van der Waals surface area contributed by atoms with Crippen molar-refractivity contribution in [1.29, 1.82) is 0 Å². The maximum atomic E-state index is 12.7. The summed E-state index contributed by atoms with van der Waals surface area (Å²) in [6.45, 7) is 0.505. The summed E-state index contributed by atoms with van der Waals surface area (Å²) in [6, 6.07) is 9.96. The summed E-state index contributed by atoms with van der Waals surface area (Å²) in [6.07, 6.45) is -0.592. The number of nitrogens with zero attached hydrogens (tertiary/aromatic N) is 3. The number of piperazine rings is 1. The lowest BCUT2D eigenvalue weighted by Crippen LogP contribution is -2.56. The van der Waals surface area contributed by atoms with E-state index in [0.29, 0.717) is 13.1 Å². The third-order valence-corrected chi connectivity index (χ3v) is 4.94. The molecule has 2 aliphatic rings. The fraction of sp³-hybridized carbons (Fsp3) is 0.471. The minimum atomic E-state index is -4.12. The van der Waals surface area contributed by atoms with E-state index in [2.05, 4.69) is 16.0 Å². The number of benzene rings is 1. The Morgan fingerprint density at radius 2 is 1.78 bits per heavy atom. The number of aromatic nitrogens is 1. The third-order valence-electron chi connectivity index (χ3n) is 4.94. The second kappa shape index (κ2) is 5.37. The van der Waals surface area contributed by atoms with Gasteiger partial charge in [0.15, 0.2) is 0 Å². The highest BCUT2D eigenvalue weighted by Crippen LogP contribution is 2.35. The number of anilines is 1. The van der Waals surface area contributed by atoms with Crippen molar-refractivity contribution in [3.05, 3.63) is 36.5 Å². The topological polar surface area (TPSA) is 19.4 Å². The molecule has 0 amide bonds. The van der Waals surface area contributed by atoms with E-state index < -0.39 is 12.7 Å². The van der Waals surface area contributed by atoms with Crippen LogP contribution in [0.3, 0.4) is 0 Å². The molecular weight excluding hydrogens is 303 g/mol. The molecule has 3 heterocycles. The van der Waals surface area contributed by atoms with Gasteiger partial charge in [0.1, 0.15) is 0 Å². The van der Waals surface area contributed by atoms with Crippen molar-refractivity contribution in [2.45, 2.75) is 31.1 Å². The van der Waals surface area contributed by atoms with Gasteiger partial charge in [0, 0.05) is 30.6 Å². The second-order valence-corrected chi connectivity index (χ2v) is 6.46. The van der Waals surface area contributed by atoms with Gasteiger partial charge in [-0.2, -0.15) is 13.2 Å². The molecule has 0 saturated carbocycles. The smallest absolute Gasteiger partial charge is 0.367 e. The number of para-hydroxylation sites is 1. The highest BCUT2D eigenvalue weighted by molar-refractivity contribution is 5.81. The summed E-state index contributed by atoms with van der Waals surface area (Å²) in [4.78, 5) is 8.30. The van der Waals surface area contributed by atoms with Crippen LogP contribution >= 0.6 is 0 Å². The predicted octanol–water partition coefficient (Wildman–Crippen LogP) is 3.45. The van der Waals surface area contributed by atoms with Crippen LogP contribution in [0.5, 0.6) is 0 Å². The molecule has 6 heteroatoms. The molecular formula is C17H18F3N3. The zero-order chi connectivity index (χ0) is 16.0. The first-order chi connectivity index (χ1) is 11.0. The van der Waals surface area contributed by atoms with Crippen LogP contribution in [0.1, 0.15) is 12.8 Å². The predicted molar refractivity (Wildman–Crippen MR) is 83.5 cm³/mol. The van der Waals surface area contributed by atoms with Gasteiger partial charge in [-0.05, 0) is 25.0 Å². The Kier molecular flexibility index (Phi) is 3.44. The Morgan fingerprint density at radius 3 is 2.48 bits per heavy atom. The van der Waals surface area contributed by atoms with Crippen molar-refractivity contribution >= 4 is 16.6 Å². The Morgan fingerprint density at radius 1 is 1.09 bits per heavy atom. The Balaban J connectivity index is 1.56. The number of rotatable bonds is 2. The van der Waals surface area contributed by atoms with E-state index in [1.54, 1.807) is 4.90 Å². The lowest BCUT2D eigenvalue weighted by atomic mass is 10.1. The van der Waals surface area contributed by atoms with Crippen LogP contribution in [0.15, 0.2) is 36.5 Å². The van der Waals surface area contributed by atoms with Gasteiger partial charge in [-0.1, -0.05) is 18.2 Å². The normalized spacial score (nSPS) is 25.3. The van der Waals surface area contributed by atoms with E-state index in [-0.39, 0.29) is 12.1 Å². The molecule has 0 aliphatic carbocycles. The summed E-state index contributed by atoms with van der Waals surface area (Å²) < 4.78 is 38.2. The summed E-state index contributed by atoms with van der Waals surface area (Å²) in [7, 11) is 0. The average Bonchev–Trinajstić information content (AvgIpc) is 2.74. The van der Waals surface area contributed by atoms with Gasteiger partial charge in [0.2, 0.25) is 0 Å². The van der Waals surface area contributed by atoms with Gasteiger partial charge in [-0.3, -0.25) is 9.88 Å². The molecule has 2 aromatic rings. The first-order valence-corrected chi connectivity index (χ1v) is 7.92. The van der Waals surface area contributed by atoms with Crippen LogP contribution in [0.25, 0.3) is 10.9 Å². The zero-order valence-electron chi connectivity index (χ0n) is 12.6. The number of alkyl halides is 3. The van der Waals surface area contributed by atoms with E-state index >= 15 is 0 Å². The largest absolute Gasteiger partial charge is 0.401 e. The summed E-state index contributed by atoms with van der Waals surface area (Å²) in [5, 5.41) is 1.06. The molecule has 0 radical (unpaired) electrons. The zero-order valence-corrected chi connectivity index (χ0v) is 12.6. The van der Waals surface area contributed by atoms with Crippen LogP contribution in [-0.2, 0) is 0 Å². The molecule has 0 spiro atoms. The van der Waals surface area contributed by atoms with Crippen molar-refractivity contribution < 1.29 is 13.2 Å². The summed E-state index contributed by atoms with van der Waals surface area (Å²) >= 11 is 0. The van der Waals surface area contributed by atoms with Crippen LogP contribution in [-0.4, -0.2) is 47.8 Å². The van der Waals surface area contributed by atoms with Crippen LogP contribution in [0, 0.1) is 0 Å². The third kappa shape index (κ3) is 2.87. The van der Waals surface area contributed by atoms with Crippen molar-refractivity contribution in [3.63, 3.8) is 0 Å². The molecule has 2 aliphatic heterocycles. The standard InChI is InChI=1S/C17H18F3N3/c18-17(19,20)11-23-13-5-6-14(23)10-22(9-13)15-7-12-3-1-2-4-16(12)21-8-15/h1-4,7-8,13-14H,5-6,9-11H2. The Hall–Kier alpha value is -1.82.